The second-order valence-corrected chi connectivity index (χ2v) is 7.94. The Bertz CT molecular complexity index is 816. The largest absolute Gasteiger partial charge is 0.504 e. The number of piperidine rings is 1. The van der Waals surface area contributed by atoms with Crippen LogP contribution in [0.1, 0.15) is 17.5 Å². The number of benzene rings is 1. The lowest BCUT2D eigenvalue weighted by molar-refractivity contribution is -0.237. The molecule has 0 aromatic heterocycles. The Morgan fingerprint density at radius 2 is 2.00 bits per heavy atom. The first-order chi connectivity index (χ1) is 12.0. The van der Waals surface area contributed by atoms with Crippen molar-refractivity contribution in [2.24, 2.45) is 0 Å². The van der Waals surface area contributed by atoms with Gasteiger partial charge in [-0.15, -0.1) is 0 Å². The van der Waals surface area contributed by atoms with Gasteiger partial charge in [0.15, 0.2) is 17.6 Å². The second kappa shape index (κ2) is 4.20. The van der Waals surface area contributed by atoms with Crippen LogP contribution in [0.5, 0.6) is 11.5 Å². The van der Waals surface area contributed by atoms with Crippen LogP contribution in [-0.4, -0.2) is 65.5 Å². The van der Waals surface area contributed by atoms with Crippen LogP contribution in [0.4, 0.5) is 0 Å². The van der Waals surface area contributed by atoms with Crippen LogP contribution in [-0.2, 0) is 21.3 Å². The summed E-state index contributed by atoms with van der Waals surface area (Å²) in [6.45, 7) is 1.85. The van der Waals surface area contributed by atoms with Gasteiger partial charge >= 0.3 is 0 Å². The molecule has 6 heteroatoms. The Morgan fingerprint density at radius 1 is 1.20 bits per heavy atom. The summed E-state index contributed by atoms with van der Waals surface area (Å²) in [6, 6.07) is 3.62. The molecule has 6 rings (SSSR count). The fourth-order valence-electron chi connectivity index (χ4n) is 5.98. The monoisotopic (exact) mass is 343 g/mol. The van der Waals surface area contributed by atoms with Gasteiger partial charge in [-0.05, 0) is 50.2 Å². The maximum Gasteiger partial charge on any atom is 0.227 e. The Balaban J connectivity index is 1.70. The van der Waals surface area contributed by atoms with Gasteiger partial charge in [0.05, 0.1) is 18.6 Å². The molecule has 1 aromatic carbocycles. The third-order valence-electron chi connectivity index (χ3n) is 7.05. The SMILES string of the molecule is CN1CCC23c4c5ccc(O)c4OC2C2(C=CC3(O)C1C5)OCCO2. The molecule has 2 fully saturated rings. The summed E-state index contributed by atoms with van der Waals surface area (Å²) in [4.78, 5) is 2.23. The summed E-state index contributed by atoms with van der Waals surface area (Å²) in [7, 11) is 2.06. The maximum atomic E-state index is 11.9. The van der Waals surface area contributed by atoms with E-state index in [0.717, 1.165) is 30.5 Å². The number of likely N-dealkylation sites (tertiary alicyclic amines) is 1. The molecule has 0 amide bonds. The van der Waals surface area contributed by atoms with E-state index >= 15 is 0 Å². The lowest BCUT2D eigenvalue weighted by Crippen LogP contribution is -2.77. The number of aromatic hydroxyl groups is 1. The quantitative estimate of drug-likeness (QED) is 0.676. The number of aliphatic hydroxyl groups is 1. The Hall–Kier alpha value is -1.60. The third kappa shape index (κ3) is 1.37. The van der Waals surface area contributed by atoms with E-state index in [9.17, 15) is 10.2 Å². The van der Waals surface area contributed by atoms with Crippen molar-refractivity contribution in [3.63, 3.8) is 0 Å². The fourth-order valence-corrected chi connectivity index (χ4v) is 5.98. The lowest BCUT2D eigenvalue weighted by atomic mass is 9.50. The summed E-state index contributed by atoms with van der Waals surface area (Å²) in [5.74, 6) is -0.381. The first-order valence-corrected chi connectivity index (χ1v) is 8.95. The highest BCUT2D eigenvalue weighted by atomic mass is 16.8. The number of hydrogen-bond donors (Lipinski definition) is 2. The van der Waals surface area contributed by atoms with Crippen LogP contribution in [0, 0.1) is 0 Å². The van der Waals surface area contributed by atoms with Crippen molar-refractivity contribution >= 4 is 0 Å². The first-order valence-electron chi connectivity index (χ1n) is 8.95. The number of rotatable bonds is 0. The average molecular weight is 343 g/mol. The zero-order valence-electron chi connectivity index (χ0n) is 14.1. The van der Waals surface area contributed by atoms with E-state index in [1.165, 1.54) is 0 Å². The molecular formula is C19H21NO5. The molecule has 6 nitrogen and oxygen atoms in total. The van der Waals surface area contributed by atoms with Crippen molar-refractivity contribution in [1.82, 2.24) is 4.90 Å². The zero-order chi connectivity index (χ0) is 17.0. The van der Waals surface area contributed by atoms with E-state index < -0.39 is 22.9 Å². The van der Waals surface area contributed by atoms with Gasteiger partial charge in [-0.3, -0.25) is 4.90 Å². The molecule has 0 saturated carbocycles. The molecule has 132 valence electrons. The van der Waals surface area contributed by atoms with Crippen LogP contribution in [0.3, 0.4) is 0 Å². The number of nitrogens with zero attached hydrogens (tertiary/aromatic N) is 1. The van der Waals surface area contributed by atoms with E-state index in [4.69, 9.17) is 14.2 Å². The van der Waals surface area contributed by atoms with E-state index in [2.05, 4.69) is 11.9 Å². The van der Waals surface area contributed by atoms with Gasteiger partial charge in [0, 0.05) is 11.6 Å². The predicted octanol–water partition coefficient (Wildman–Crippen LogP) is 0.695. The highest BCUT2D eigenvalue weighted by molar-refractivity contribution is 5.64. The number of likely N-dealkylation sites (N-methyl/N-ethyl adjacent to an activating group) is 1. The number of phenols is 1. The Kier molecular flexibility index (Phi) is 2.45. The van der Waals surface area contributed by atoms with Gasteiger partial charge in [-0.1, -0.05) is 6.07 Å². The molecule has 4 atom stereocenters. The molecule has 2 aliphatic carbocycles. The van der Waals surface area contributed by atoms with Gasteiger partial charge in [-0.25, -0.2) is 0 Å². The second-order valence-electron chi connectivity index (χ2n) is 7.94. The average Bonchev–Trinajstić information content (AvgIpc) is 3.19. The van der Waals surface area contributed by atoms with Crippen LogP contribution in [0.2, 0.25) is 0 Å². The number of hydrogen-bond acceptors (Lipinski definition) is 6. The summed E-state index contributed by atoms with van der Waals surface area (Å²) in [6.07, 6.45) is 4.66. The van der Waals surface area contributed by atoms with Crippen molar-refractivity contribution in [3.05, 3.63) is 35.4 Å². The lowest BCUT2D eigenvalue weighted by Gasteiger charge is -2.62. The maximum absolute atomic E-state index is 11.9. The molecule has 3 aliphatic heterocycles. The minimum Gasteiger partial charge on any atom is -0.504 e. The van der Waals surface area contributed by atoms with Crippen LogP contribution in [0.25, 0.3) is 0 Å². The van der Waals surface area contributed by atoms with Crippen molar-refractivity contribution in [3.8, 4) is 11.5 Å². The van der Waals surface area contributed by atoms with E-state index in [1.54, 1.807) is 6.07 Å². The Labute approximate surface area is 145 Å². The number of fused-ring (bicyclic) bond motifs is 1. The Morgan fingerprint density at radius 3 is 2.80 bits per heavy atom. The summed E-state index contributed by atoms with van der Waals surface area (Å²) in [5.41, 5.74) is 0.356. The molecular weight excluding hydrogens is 322 g/mol. The van der Waals surface area contributed by atoms with Gasteiger partial charge in [0.2, 0.25) is 5.79 Å². The minimum absolute atomic E-state index is 0.0367. The summed E-state index contributed by atoms with van der Waals surface area (Å²) < 4.78 is 18.3. The van der Waals surface area contributed by atoms with E-state index in [0.29, 0.717) is 19.0 Å². The minimum atomic E-state index is -1.07. The summed E-state index contributed by atoms with van der Waals surface area (Å²) in [5, 5.41) is 22.4. The molecule has 4 unspecified atom stereocenters. The first kappa shape index (κ1) is 14.6. The van der Waals surface area contributed by atoms with E-state index in [1.807, 2.05) is 18.2 Å². The fraction of sp³-hybridized carbons (Fsp3) is 0.579. The van der Waals surface area contributed by atoms with Crippen molar-refractivity contribution in [2.45, 2.75) is 41.8 Å². The van der Waals surface area contributed by atoms with E-state index in [-0.39, 0.29) is 11.8 Å². The molecule has 3 heterocycles. The van der Waals surface area contributed by atoms with Gasteiger partial charge in [0.1, 0.15) is 5.60 Å². The number of ether oxygens (including phenoxy) is 3. The van der Waals surface area contributed by atoms with Crippen LogP contribution in [0.15, 0.2) is 24.3 Å². The van der Waals surface area contributed by atoms with Gasteiger partial charge in [-0.2, -0.15) is 0 Å². The molecule has 2 spiro atoms. The van der Waals surface area contributed by atoms with Crippen molar-refractivity contribution in [1.29, 1.82) is 0 Å². The molecule has 25 heavy (non-hydrogen) atoms. The molecule has 5 aliphatic rings. The van der Waals surface area contributed by atoms with Gasteiger partial charge < -0.3 is 24.4 Å². The predicted molar refractivity (Wildman–Crippen MR) is 87.7 cm³/mol. The van der Waals surface area contributed by atoms with Crippen LogP contribution >= 0.6 is 0 Å². The van der Waals surface area contributed by atoms with Gasteiger partial charge in [0.25, 0.3) is 0 Å². The number of phenolic OH excluding ortho intramolecular Hbond substituents is 1. The molecule has 2 saturated heterocycles. The standard InChI is InChI=1S/C19H21NO5/c1-20-7-6-17-14-11-2-3-12(21)15(14)25-16(17)19(23-8-9-24-19)5-4-18(17,22)13(20)10-11/h2-5,13,16,21-22H,6-10H2,1H3. The third-order valence-corrected chi connectivity index (χ3v) is 7.05. The van der Waals surface area contributed by atoms with Crippen molar-refractivity contribution < 1.29 is 24.4 Å². The molecule has 0 radical (unpaired) electrons. The molecule has 2 N–H and O–H groups in total. The summed E-state index contributed by atoms with van der Waals surface area (Å²) >= 11 is 0. The topological polar surface area (TPSA) is 71.4 Å². The normalized spacial score (nSPS) is 42.5. The van der Waals surface area contributed by atoms with Crippen LogP contribution < -0.4 is 4.74 Å². The smallest absolute Gasteiger partial charge is 0.227 e. The molecule has 1 aromatic rings. The highest BCUT2D eigenvalue weighted by Crippen LogP contribution is 2.66. The highest BCUT2D eigenvalue weighted by Gasteiger charge is 2.75. The van der Waals surface area contributed by atoms with Crippen molar-refractivity contribution in [2.75, 3.05) is 26.8 Å². The molecule has 2 bridgehead atoms. The zero-order valence-corrected chi connectivity index (χ0v) is 14.1.